The van der Waals surface area contributed by atoms with E-state index < -0.39 is 14.0 Å². The molecule has 0 aliphatic carbocycles. The Morgan fingerprint density at radius 3 is 2.48 bits per heavy atom. The van der Waals surface area contributed by atoms with Gasteiger partial charge in [-0.15, -0.1) is 0 Å². The monoisotopic (exact) mass is 392 g/mol. The molecule has 0 aliphatic heterocycles. The molecule has 149 valence electrons. The van der Waals surface area contributed by atoms with Gasteiger partial charge in [-0.05, 0) is 30.6 Å². The first-order valence-corrected chi connectivity index (χ1v) is 9.42. The first-order valence-electron chi connectivity index (χ1n) is 9.42. The fourth-order valence-electron chi connectivity index (χ4n) is 2.74. The van der Waals surface area contributed by atoms with Crippen molar-refractivity contribution in [2.75, 3.05) is 5.73 Å². The number of rotatable bonds is 10. The maximum atomic E-state index is 11.1. The van der Waals surface area contributed by atoms with E-state index in [9.17, 15) is 14.8 Å². The Bertz CT molecular complexity index is 817. The van der Waals surface area contributed by atoms with E-state index in [-0.39, 0.29) is 6.32 Å². The molecule has 0 aliphatic rings. The summed E-state index contributed by atoms with van der Waals surface area (Å²) in [6, 6.07) is 15.0. The van der Waals surface area contributed by atoms with Gasteiger partial charge in [0.05, 0.1) is 5.84 Å². The quantitative estimate of drug-likeness (QED) is 0.186. The second-order valence-corrected chi connectivity index (χ2v) is 6.77. The SMILES string of the molecule is CB(O)CC(=NB(C)O)N([B]C=O)Cc1ccc(OCc2ccccc2N)cc1. The van der Waals surface area contributed by atoms with Gasteiger partial charge in [-0.2, -0.15) is 0 Å². The molecule has 2 rings (SSSR count). The fourth-order valence-corrected chi connectivity index (χ4v) is 2.74. The third-order valence-electron chi connectivity index (χ3n) is 4.11. The minimum Gasteiger partial charge on any atom is -0.489 e. The smallest absolute Gasteiger partial charge is 0.429 e. The van der Waals surface area contributed by atoms with Crippen molar-refractivity contribution in [2.24, 2.45) is 4.90 Å². The van der Waals surface area contributed by atoms with Gasteiger partial charge >= 0.3 is 14.5 Å². The van der Waals surface area contributed by atoms with Crippen molar-refractivity contribution in [1.82, 2.24) is 4.81 Å². The van der Waals surface area contributed by atoms with Gasteiger partial charge in [-0.3, -0.25) is 4.90 Å². The normalized spacial score (nSPS) is 11.0. The largest absolute Gasteiger partial charge is 0.489 e. The van der Waals surface area contributed by atoms with Crippen LogP contribution in [0.1, 0.15) is 11.1 Å². The van der Waals surface area contributed by atoms with E-state index in [0.29, 0.717) is 36.6 Å². The minimum atomic E-state index is -0.937. The lowest BCUT2D eigenvalue weighted by molar-refractivity contribution is 0.307. The van der Waals surface area contributed by atoms with Crippen LogP contribution in [0, 0.1) is 0 Å². The molecular weight excluding hydrogens is 367 g/mol. The number of nitrogen functional groups attached to an aromatic ring is 1. The summed E-state index contributed by atoms with van der Waals surface area (Å²) >= 11 is 0. The summed E-state index contributed by atoms with van der Waals surface area (Å²) in [5.41, 5.74) is 8.44. The molecular formula is C19H25B3N3O4. The van der Waals surface area contributed by atoms with Crippen molar-refractivity contribution >= 4 is 39.1 Å². The number of hydrogen-bond acceptors (Lipinski definition) is 6. The number of ether oxygens (including phenoxy) is 1. The highest BCUT2D eigenvalue weighted by molar-refractivity contribution is 6.68. The lowest BCUT2D eigenvalue weighted by Gasteiger charge is -2.25. The summed E-state index contributed by atoms with van der Waals surface area (Å²) in [7, 11) is 0.402. The molecule has 29 heavy (non-hydrogen) atoms. The summed E-state index contributed by atoms with van der Waals surface area (Å²) in [6.45, 7) is 3.23. The molecule has 2 aromatic carbocycles. The summed E-state index contributed by atoms with van der Waals surface area (Å²) < 4.78 is 5.79. The Hall–Kier alpha value is -2.71. The van der Waals surface area contributed by atoms with Crippen LogP contribution in [0.4, 0.5) is 5.69 Å². The highest BCUT2D eigenvalue weighted by atomic mass is 16.5. The van der Waals surface area contributed by atoms with Gasteiger partial charge in [-0.1, -0.05) is 37.2 Å². The number of nitrogens with two attached hydrogens (primary N) is 1. The van der Waals surface area contributed by atoms with Crippen molar-refractivity contribution in [2.45, 2.75) is 33.1 Å². The predicted molar refractivity (Wildman–Crippen MR) is 120 cm³/mol. The van der Waals surface area contributed by atoms with Crippen molar-refractivity contribution in [1.29, 1.82) is 0 Å². The van der Waals surface area contributed by atoms with E-state index in [1.807, 2.05) is 48.5 Å². The summed E-state index contributed by atoms with van der Waals surface area (Å²) in [4.78, 5) is 16.8. The van der Waals surface area contributed by atoms with E-state index in [0.717, 1.165) is 11.1 Å². The molecule has 2 aromatic rings. The highest BCUT2D eigenvalue weighted by Crippen LogP contribution is 2.18. The maximum absolute atomic E-state index is 11.1. The second-order valence-electron chi connectivity index (χ2n) is 6.77. The molecule has 0 heterocycles. The van der Waals surface area contributed by atoms with E-state index in [4.69, 9.17) is 10.5 Å². The van der Waals surface area contributed by atoms with Gasteiger partial charge in [0.25, 0.3) is 6.92 Å². The molecule has 4 N–H and O–H groups in total. The topological polar surface area (TPSA) is 108 Å². The fraction of sp³-hybridized carbons (Fsp3) is 0.263. The van der Waals surface area contributed by atoms with E-state index >= 15 is 0 Å². The minimum absolute atomic E-state index is 0.217. The van der Waals surface area contributed by atoms with Crippen molar-refractivity contribution in [3.05, 3.63) is 59.7 Å². The van der Waals surface area contributed by atoms with Gasteiger partial charge in [0.1, 0.15) is 18.5 Å². The Morgan fingerprint density at radius 1 is 1.21 bits per heavy atom. The third kappa shape index (κ3) is 7.67. The van der Waals surface area contributed by atoms with E-state index in [2.05, 4.69) is 4.90 Å². The van der Waals surface area contributed by atoms with Crippen LogP contribution in [0.15, 0.2) is 53.4 Å². The van der Waals surface area contributed by atoms with Crippen LogP contribution in [0.3, 0.4) is 0 Å². The molecule has 0 bridgehead atoms. The molecule has 0 aromatic heterocycles. The summed E-state index contributed by atoms with van der Waals surface area (Å²) in [5, 5.41) is 19.3. The van der Waals surface area contributed by atoms with Crippen LogP contribution in [-0.2, 0) is 17.9 Å². The van der Waals surface area contributed by atoms with Crippen LogP contribution >= 0.6 is 0 Å². The lowest BCUT2D eigenvalue weighted by atomic mass is 9.66. The van der Waals surface area contributed by atoms with Gasteiger partial charge in [0, 0.05) is 24.1 Å². The van der Waals surface area contributed by atoms with E-state index in [1.165, 1.54) is 14.2 Å². The van der Waals surface area contributed by atoms with Gasteiger partial charge in [-0.25, -0.2) is 0 Å². The van der Waals surface area contributed by atoms with Crippen LogP contribution in [0.2, 0.25) is 20.0 Å². The summed E-state index contributed by atoms with van der Waals surface area (Å²) in [6.07, 6.45) is 0.871. The second kappa shape index (κ2) is 11.3. The van der Waals surface area contributed by atoms with Crippen LogP contribution < -0.4 is 10.5 Å². The average Bonchev–Trinajstić information content (AvgIpc) is 2.67. The Kier molecular flexibility index (Phi) is 8.83. The molecule has 10 heteroatoms. The third-order valence-corrected chi connectivity index (χ3v) is 4.11. The lowest BCUT2D eigenvalue weighted by Crippen LogP contribution is -2.38. The molecule has 7 nitrogen and oxygen atoms in total. The number of hydrogen-bond donors (Lipinski definition) is 3. The summed E-state index contributed by atoms with van der Waals surface area (Å²) in [5.74, 6) is 1.13. The number of carbonyl (C=O) groups excluding carboxylic acids is 1. The molecule has 0 fully saturated rings. The molecule has 0 spiro atoms. The molecule has 1 radical (unpaired) electrons. The van der Waals surface area contributed by atoms with Gasteiger partial charge in [0.2, 0.25) is 0 Å². The van der Waals surface area contributed by atoms with Crippen molar-refractivity contribution in [3.8, 4) is 5.75 Å². The maximum Gasteiger partial charge on any atom is 0.429 e. The van der Waals surface area contributed by atoms with Crippen LogP contribution in [0.25, 0.3) is 0 Å². The predicted octanol–water partition coefficient (Wildman–Crippen LogP) is 1.58. The number of anilines is 1. The molecule has 0 atom stereocenters. The Balaban J connectivity index is 2.06. The number of amidine groups is 1. The Morgan fingerprint density at radius 2 is 1.90 bits per heavy atom. The first kappa shape index (κ1) is 22.6. The zero-order chi connectivity index (χ0) is 21.2. The van der Waals surface area contributed by atoms with Crippen LogP contribution in [-0.4, -0.2) is 48.3 Å². The molecule has 0 amide bonds. The molecule has 0 unspecified atom stereocenters. The Labute approximate surface area is 173 Å². The van der Waals surface area contributed by atoms with E-state index in [1.54, 1.807) is 11.6 Å². The zero-order valence-electron chi connectivity index (χ0n) is 16.7. The number of benzene rings is 2. The van der Waals surface area contributed by atoms with Crippen molar-refractivity contribution in [3.63, 3.8) is 0 Å². The molecule has 0 saturated carbocycles. The standard InChI is InChI=1S/C19H25B3N3O4/c1-21(27)11-19(24-22(2)28)25(20-14-26)12-15-7-9-17(10-8-15)29-13-16-5-3-4-6-18(16)23/h3-10,14,27-28H,11-13,23H2,1-2H3. The van der Waals surface area contributed by atoms with Crippen molar-refractivity contribution < 1.29 is 19.6 Å². The number of nitrogens with zero attached hydrogens (tertiary/aromatic N) is 2. The first-order chi connectivity index (χ1) is 13.9. The van der Waals surface area contributed by atoms with Gasteiger partial charge in [0.15, 0.2) is 0 Å². The average molecular weight is 392 g/mol. The van der Waals surface area contributed by atoms with Gasteiger partial charge < -0.3 is 30.1 Å². The highest BCUT2D eigenvalue weighted by Gasteiger charge is 2.18. The molecule has 0 saturated heterocycles. The number of carbonyl (C=O) groups is 1. The zero-order valence-corrected chi connectivity index (χ0v) is 16.7. The number of para-hydroxylation sites is 1. The van der Waals surface area contributed by atoms with Crippen LogP contribution in [0.5, 0.6) is 5.75 Å².